The van der Waals surface area contributed by atoms with Gasteiger partial charge in [-0.15, -0.1) is 0 Å². The zero-order valence-electron chi connectivity index (χ0n) is 20.4. The molecule has 188 valence electrons. The highest BCUT2D eigenvalue weighted by Gasteiger charge is 2.37. The average Bonchev–Trinajstić information content (AvgIpc) is 3.73. The van der Waals surface area contributed by atoms with Crippen LogP contribution in [0.15, 0.2) is 67.0 Å². The Bertz CT molecular complexity index is 1380. The van der Waals surface area contributed by atoms with Gasteiger partial charge in [0.2, 0.25) is 5.91 Å². The van der Waals surface area contributed by atoms with Crippen LogP contribution >= 0.6 is 0 Å². The maximum absolute atomic E-state index is 13.5. The monoisotopic (exact) mass is 496 g/mol. The fraction of sp³-hybridized carbons (Fsp3) is 0.296. The molecule has 1 saturated heterocycles. The van der Waals surface area contributed by atoms with Crippen molar-refractivity contribution in [1.29, 1.82) is 0 Å². The molecule has 2 aromatic carbocycles. The summed E-state index contributed by atoms with van der Waals surface area (Å²) in [5.74, 6) is -0.132. The Labute approximate surface area is 214 Å². The van der Waals surface area contributed by atoms with Gasteiger partial charge < -0.3 is 10.2 Å². The van der Waals surface area contributed by atoms with E-state index in [1.165, 1.54) is 10.4 Å². The molecule has 4 heterocycles. The Hall–Kier alpha value is -4.31. The van der Waals surface area contributed by atoms with Crippen molar-refractivity contribution in [2.45, 2.75) is 45.1 Å². The second-order valence-electron chi connectivity index (χ2n) is 9.51. The summed E-state index contributed by atoms with van der Waals surface area (Å²) in [5, 5.41) is 18.4. The third kappa shape index (κ3) is 4.75. The molecule has 10 nitrogen and oxygen atoms in total. The predicted octanol–water partition coefficient (Wildman–Crippen LogP) is 2.43. The summed E-state index contributed by atoms with van der Waals surface area (Å²) in [7, 11) is 0. The van der Waals surface area contributed by atoms with Crippen molar-refractivity contribution in [2.75, 3.05) is 6.54 Å². The lowest BCUT2D eigenvalue weighted by Crippen LogP contribution is -2.43. The second kappa shape index (κ2) is 9.98. The lowest BCUT2D eigenvalue weighted by Gasteiger charge is -2.27. The predicted molar refractivity (Wildman–Crippen MR) is 135 cm³/mol. The van der Waals surface area contributed by atoms with Crippen LogP contribution in [0.2, 0.25) is 0 Å². The van der Waals surface area contributed by atoms with Crippen LogP contribution in [0.1, 0.15) is 45.7 Å². The van der Waals surface area contributed by atoms with Gasteiger partial charge in [-0.3, -0.25) is 19.6 Å². The van der Waals surface area contributed by atoms with Crippen LogP contribution in [0.5, 0.6) is 0 Å². The summed E-state index contributed by atoms with van der Waals surface area (Å²) in [6, 6.07) is 17.8. The van der Waals surface area contributed by atoms with Gasteiger partial charge in [0.05, 0.1) is 42.9 Å². The normalized spacial score (nSPS) is 17.2. The maximum atomic E-state index is 13.5. The Morgan fingerprint density at radius 2 is 1.76 bits per heavy atom. The zero-order chi connectivity index (χ0) is 25.2. The number of likely N-dealkylation sites (tertiary alicyclic amines) is 1. The molecule has 1 fully saturated rings. The number of H-pyrrole nitrogens is 1. The smallest absolute Gasteiger partial charge is 0.272 e. The van der Waals surface area contributed by atoms with E-state index in [4.69, 9.17) is 0 Å². The van der Waals surface area contributed by atoms with Gasteiger partial charge in [0.1, 0.15) is 0 Å². The topological polar surface area (TPSA) is 112 Å². The van der Waals surface area contributed by atoms with Gasteiger partial charge in [-0.05, 0) is 42.6 Å². The number of aromatic nitrogens is 5. The molecular formula is C27H28N8O2. The van der Waals surface area contributed by atoms with Crippen molar-refractivity contribution in [3.63, 3.8) is 0 Å². The van der Waals surface area contributed by atoms with Gasteiger partial charge in [0.15, 0.2) is 5.69 Å². The number of carbonyl (C=O) groups excluding carboxylic acids is 2. The van der Waals surface area contributed by atoms with Crippen LogP contribution in [0.3, 0.4) is 0 Å². The number of nitrogens with zero attached hydrogens (tertiary/aromatic N) is 6. The lowest BCUT2D eigenvalue weighted by molar-refractivity contribution is -0.136. The summed E-state index contributed by atoms with van der Waals surface area (Å²) < 4.78 is 0. The number of amides is 2. The molecule has 0 unspecified atom stereocenters. The van der Waals surface area contributed by atoms with E-state index in [1.54, 1.807) is 12.4 Å². The molecule has 0 spiro atoms. The van der Waals surface area contributed by atoms with Gasteiger partial charge in [0, 0.05) is 18.7 Å². The van der Waals surface area contributed by atoms with Crippen LogP contribution in [-0.4, -0.2) is 59.4 Å². The van der Waals surface area contributed by atoms with E-state index in [1.807, 2.05) is 47.4 Å². The fourth-order valence-corrected chi connectivity index (χ4v) is 5.17. The first-order valence-corrected chi connectivity index (χ1v) is 12.5. The van der Waals surface area contributed by atoms with E-state index in [-0.39, 0.29) is 17.9 Å². The quantitative estimate of drug-likeness (QED) is 0.407. The number of hydrogen-bond donors (Lipinski definition) is 2. The standard InChI is InChI=1S/C27H28N8O2/c36-26(28-15-19-8-10-21(11-9-19)35-29-12-13-30-35)25-22-17-34(18-23(22)31-32-25)27(37)24-7-4-14-33(24)16-20-5-2-1-3-6-20/h1-3,5-6,8-13,24H,4,7,14-18H2,(H,28,36)(H,31,32)/t24-/m0/s1. The highest BCUT2D eigenvalue weighted by molar-refractivity contribution is 5.94. The van der Waals surface area contributed by atoms with E-state index in [0.717, 1.165) is 48.4 Å². The summed E-state index contributed by atoms with van der Waals surface area (Å²) in [6.07, 6.45) is 5.12. The molecule has 37 heavy (non-hydrogen) atoms. The number of carbonyl (C=O) groups is 2. The van der Waals surface area contributed by atoms with E-state index in [9.17, 15) is 9.59 Å². The lowest BCUT2D eigenvalue weighted by atomic mass is 10.1. The molecule has 6 rings (SSSR count). The molecule has 1 atom stereocenters. The number of nitrogens with one attached hydrogen (secondary N) is 2. The zero-order valence-corrected chi connectivity index (χ0v) is 20.4. The van der Waals surface area contributed by atoms with Crippen molar-refractivity contribution >= 4 is 11.8 Å². The fourth-order valence-electron chi connectivity index (χ4n) is 5.17. The van der Waals surface area contributed by atoms with Crippen molar-refractivity contribution < 1.29 is 9.59 Å². The number of aromatic amines is 1. The number of fused-ring (bicyclic) bond motifs is 1. The number of rotatable bonds is 7. The Morgan fingerprint density at radius 3 is 2.54 bits per heavy atom. The maximum Gasteiger partial charge on any atom is 0.272 e. The molecule has 10 heteroatoms. The first-order chi connectivity index (χ1) is 18.2. The summed E-state index contributed by atoms with van der Waals surface area (Å²) in [5.41, 5.74) is 5.01. The van der Waals surface area contributed by atoms with Crippen LogP contribution < -0.4 is 5.32 Å². The summed E-state index contributed by atoms with van der Waals surface area (Å²) in [4.78, 5) is 32.1. The molecular weight excluding hydrogens is 468 g/mol. The van der Waals surface area contributed by atoms with E-state index < -0.39 is 0 Å². The van der Waals surface area contributed by atoms with Gasteiger partial charge >= 0.3 is 0 Å². The Balaban J connectivity index is 1.07. The molecule has 2 aliphatic heterocycles. The SMILES string of the molecule is O=C(NCc1ccc(-n2nccn2)cc1)c1n[nH]c2c1CN(C(=O)[C@@H]1CCCN1Cc1ccccc1)C2. The third-order valence-corrected chi connectivity index (χ3v) is 7.09. The molecule has 0 radical (unpaired) electrons. The van der Waals surface area contributed by atoms with Crippen molar-refractivity contribution in [2.24, 2.45) is 0 Å². The van der Waals surface area contributed by atoms with E-state index in [0.29, 0.717) is 25.3 Å². The first kappa shape index (κ1) is 23.1. The van der Waals surface area contributed by atoms with Gasteiger partial charge in [-0.2, -0.15) is 20.1 Å². The van der Waals surface area contributed by atoms with Crippen molar-refractivity contribution in [1.82, 2.24) is 40.3 Å². The minimum Gasteiger partial charge on any atom is -0.347 e. The van der Waals surface area contributed by atoms with E-state index in [2.05, 4.69) is 42.7 Å². The van der Waals surface area contributed by atoms with Crippen molar-refractivity contribution in [3.8, 4) is 5.69 Å². The van der Waals surface area contributed by atoms with Crippen molar-refractivity contribution in [3.05, 3.63) is 95.1 Å². The Kier molecular flexibility index (Phi) is 6.23. The average molecular weight is 497 g/mol. The minimum absolute atomic E-state index is 0.121. The highest BCUT2D eigenvalue weighted by Crippen LogP contribution is 2.28. The third-order valence-electron chi connectivity index (χ3n) is 7.09. The number of benzene rings is 2. The molecule has 2 amide bonds. The van der Waals surface area contributed by atoms with Crippen LogP contribution in [0.4, 0.5) is 0 Å². The molecule has 2 aromatic heterocycles. The van der Waals surface area contributed by atoms with E-state index >= 15 is 0 Å². The van der Waals surface area contributed by atoms with Crippen LogP contribution in [-0.2, 0) is 31.0 Å². The highest BCUT2D eigenvalue weighted by atomic mass is 16.2. The summed E-state index contributed by atoms with van der Waals surface area (Å²) in [6.45, 7) is 2.90. The minimum atomic E-state index is -0.254. The summed E-state index contributed by atoms with van der Waals surface area (Å²) >= 11 is 0. The van der Waals surface area contributed by atoms with Crippen LogP contribution in [0.25, 0.3) is 5.69 Å². The molecule has 0 saturated carbocycles. The second-order valence-corrected chi connectivity index (χ2v) is 9.51. The van der Waals surface area contributed by atoms with Crippen LogP contribution in [0, 0.1) is 0 Å². The molecule has 2 N–H and O–H groups in total. The van der Waals surface area contributed by atoms with Gasteiger partial charge in [-0.25, -0.2) is 0 Å². The molecule has 0 aliphatic carbocycles. The molecule has 4 aromatic rings. The van der Waals surface area contributed by atoms with Gasteiger partial charge in [0.25, 0.3) is 5.91 Å². The largest absolute Gasteiger partial charge is 0.347 e. The first-order valence-electron chi connectivity index (χ1n) is 12.5. The Morgan fingerprint density at radius 1 is 0.973 bits per heavy atom. The van der Waals surface area contributed by atoms with Gasteiger partial charge in [-0.1, -0.05) is 42.5 Å². The number of hydrogen-bond acceptors (Lipinski definition) is 6. The molecule has 2 aliphatic rings. The molecule has 0 bridgehead atoms.